The van der Waals surface area contributed by atoms with Crippen molar-refractivity contribution in [2.24, 2.45) is 0 Å². The molecule has 0 aliphatic carbocycles. The lowest BCUT2D eigenvalue weighted by Crippen LogP contribution is -2.48. The predicted octanol–water partition coefficient (Wildman–Crippen LogP) is 2.30. The first-order valence-corrected chi connectivity index (χ1v) is 13.0. The summed E-state index contributed by atoms with van der Waals surface area (Å²) in [6, 6.07) is 10.8. The number of benzene rings is 1. The van der Waals surface area contributed by atoms with Crippen LogP contribution in [0.15, 0.2) is 46.3 Å². The van der Waals surface area contributed by atoms with Crippen LogP contribution in [0.25, 0.3) is 10.7 Å². The molecule has 3 aromatic rings. The molecule has 4 heterocycles. The molecular weight excluding hydrogens is 450 g/mol. The van der Waals surface area contributed by atoms with Gasteiger partial charge in [0.25, 0.3) is 5.91 Å². The number of thiophene rings is 1. The number of aromatic nitrogens is 2. The minimum Gasteiger partial charge on any atom is -0.338 e. The third-order valence-corrected chi connectivity index (χ3v) is 8.46. The van der Waals surface area contributed by atoms with Crippen molar-refractivity contribution < 1.29 is 17.7 Å². The van der Waals surface area contributed by atoms with E-state index in [1.165, 1.54) is 4.31 Å². The van der Waals surface area contributed by atoms with Gasteiger partial charge in [-0.25, -0.2) is 8.42 Å². The van der Waals surface area contributed by atoms with Crippen LogP contribution in [0.3, 0.4) is 0 Å². The third kappa shape index (κ3) is 4.27. The Morgan fingerprint density at radius 2 is 1.84 bits per heavy atom. The highest BCUT2D eigenvalue weighted by Gasteiger charge is 2.29. The van der Waals surface area contributed by atoms with E-state index >= 15 is 0 Å². The number of nitrogens with zero attached hydrogens (tertiary/aromatic N) is 5. The summed E-state index contributed by atoms with van der Waals surface area (Å²) in [4.78, 5) is 22.3. The fraction of sp³-hybridized carbons (Fsp3) is 0.381. The fourth-order valence-electron chi connectivity index (χ4n) is 4.01. The molecule has 2 saturated heterocycles. The van der Waals surface area contributed by atoms with Gasteiger partial charge in [0.05, 0.1) is 22.9 Å². The topological polar surface area (TPSA) is 99.9 Å². The fourth-order valence-corrected chi connectivity index (χ4v) is 6.22. The Morgan fingerprint density at radius 1 is 1.06 bits per heavy atom. The Kier molecular flexibility index (Phi) is 5.70. The number of rotatable bonds is 5. The molecule has 0 atom stereocenters. The van der Waals surface area contributed by atoms with Crippen molar-refractivity contribution in [2.45, 2.75) is 13.0 Å². The molecule has 168 valence electrons. The lowest BCUT2D eigenvalue weighted by atomic mass is 10.1. The monoisotopic (exact) mass is 473 g/mol. The van der Waals surface area contributed by atoms with Gasteiger partial charge in [-0.15, -0.1) is 11.3 Å². The Morgan fingerprint density at radius 3 is 2.50 bits per heavy atom. The predicted molar refractivity (Wildman–Crippen MR) is 121 cm³/mol. The molecule has 0 unspecified atom stereocenters. The highest BCUT2D eigenvalue weighted by Crippen LogP contribution is 2.25. The molecule has 1 aromatic carbocycles. The summed E-state index contributed by atoms with van der Waals surface area (Å²) in [5.41, 5.74) is 1.18. The largest absolute Gasteiger partial charge is 0.338 e. The minimum atomic E-state index is -3.22. The van der Waals surface area contributed by atoms with E-state index in [1.54, 1.807) is 35.6 Å². The first kappa shape index (κ1) is 21.1. The normalized spacial score (nSPS) is 18.9. The lowest BCUT2D eigenvalue weighted by Gasteiger charge is -2.34. The van der Waals surface area contributed by atoms with Crippen LogP contribution in [-0.2, 0) is 16.6 Å². The molecule has 5 rings (SSSR count). The molecular formula is C21H23N5O4S2. The zero-order chi connectivity index (χ0) is 22.1. The maximum Gasteiger partial charge on any atom is 0.253 e. The Balaban J connectivity index is 1.16. The van der Waals surface area contributed by atoms with Crippen LogP contribution in [0, 0.1) is 0 Å². The molecule has 0 N–H and O–H groups in total. The van der Waals surface area contributed by atoms with Crippen molar-refractivity contribution in [1.82, 2.24) is 19.9 Å². The van der Waals surface area contributed by atoms with E-state index in [9.17, 15) is 13.2 Å². The molecule has 1 amide bonds. The second-order valence-electron chi connectivity index (χ2n) is 7.85. The summed E-state index contributed by atoms with van der Waals surface area (Å²) >= 11 is 1.57. The molecule has 0 radical (unpaired) electrons. The van der Waals surface area contributed by atoms with E-state index in [0.29, 0.717) is 68.7 Å². The number of anilines is 1. The van der Waals surface area contributed by atoms with E-state index in [4.69, 9.17) is 4.52 Å². The first-order valence-electron chi connectivity index (χ1n) is 10.5. The summed E-state index contributed by atoms with van der Waals surface area (Å²) in [7, 11) is -3.22. The first-order chi connectivity index (χ1) is 15.5. The van der Waals surface area contributed by atoms with Gasteiger partial charge >= 0.3 is 0 Å². The maximum atomic E-state index is 12.9. The van der Waals surface area contributed by atoms with E-state index in [1.807, 2.05) is 22.4 Å². The SMILES string of the molecule is O=C(c1ccc(N2CCCS2(=O)=O)cc1)N1CCN(Cc2nc(-c3cccs3)no2)CC1. The number of amides is 1. The van der Waals surface area contributed by atoms with Crippen LogP contribution in [0.5, 0.6) is 0 Å². The van der Waals surface area contributed by atoms with E-state index in [-0.39, 0.29) is 11.7 Å². The maximum absolute atomic E-state index is 12.9. The minimum absolute atomic E-state index is 0.0433. The van der Waals surface area contributed by atoms with Crippen molar-refractivity contribution in [3.63, 3.8) is 0 Å². The molecule has 32 heavy (non-hydrogen) atoms. The van der Waals surface area contributed by atoms with E-state index < -0.39 is 10.0 Å². The van der Waals surface area contributed by atoms with Crippen LogP contribution in [0.2, 0.25) is 0 Å². The molecule has 11 heteroatoms. The number of hydrogen-bond donors (Lipinski definition) is 0. The van der Waals surface area contributed by atoms with Crippen molar-refractivity contribution in [3.05, 3.63) is 53.2 Å². The molecule has 2 aromatic heterocycles. The zero-order valence-corrected chi connectivity index (χ0v) is 19.0. The smallest absolute Gasteiger partial charge is 0.253 e. The van der Waals surface area contributed by atoms with Crippen molar-refractivity contribution >= 4 is 33.0 Å². The lowest BCUT2D eigenvalue weighted by molar-refractivity contribution is 0.0615. The van der Waals surface area contributed by atoms with Crippen LogP contribution in [0.4, 0.5) is 5.69 Å². The molecule has 2 aliphatic rings. The quantitative estimate of drug-likeness (QED) is 0.561. The number of hydrogen-bond acceptors (Lipinski definition) is 8. The zero-order valence-electron chi connectivity index (χ0n) is 17.4. The van der Waals surface area contributed by atoms with E-state index in [0.717, 1.165) is 4.88 Å². The number of piperazine rings is 1. The number of carbonyl (C=O) groups excluding carboxylic acids is 1. The van der Waals surface area contributed by atoms with Crippen molar-refractivity contribution in [3.8, 4) is 10.7 Å². The summed E-state index contributed by atoms with van der Waals surface area (Å²) in [5, 5.41) is 6.02. The van der Waals surface area contributed by atoms with Crippen LogP contribution in [0.1, 0.15) is 22.7 Å². The molecule has 0 bridgehead atoms. The molecule has 0 saturated carbocycles. The van der Waals surface area contributed by atoms with Gasteiger partial charge in [-0.05, 0) is 42.1 Å². The summed E-state index contributed by atoms with van der Waals surface area (Å²) < 4.78 is 31.0. The average Bonchev–Trinajstić information content (AvgIpc) is 3.55. The van der Waals surface area contributed by atoms with Gasteiger partial charge in [-0.1, -0.05) is 11.2 Å². The summed E-state index contributed by atoms with van der Waals surface area (Å²) in [5.74, 6) is 1.31. The second-order valence-corrected chi connectivity index (χ2v) is 10.8. The second kappa shape index (κ2) is 8.64. The number of sulfonamides is 1. The van der Waals surface area contributed by atoms with Gasteiger partial charge in [0.1, 0.15) is 0 Å². The highest BCUT2D eigenvalue weighted by molar-refractivity contribution is 7.93. The Labute approximate surface area is 190 Å². The summed E-state index contributed by atoms with van der Waals surface area (Å²) in [6.07, 6.45) is 0.631. The third-order valence-electron chi connectivity index (χ3n) is 5.73. The van der Waals surface area contributed by atoms with E-state index in [2.05, 4.69) is 15.0 Å². The van der Waals surface area contributed by atoms with Gasteiger partial charge in [0.2, 0.25) is 21.7 Å². The van der Waals surface area contributed by atoms with Crippen LogP contribution < -0.4 is 4.31 Å². The highest BCUT2D eigenvalue weighted by atomic mass is 32.2. The van der Waals surface area contributed by atoms with Gasteiger partial charge in [0.15, 0.2) is 0 Å². The summed E-state index contributed by atoms with van der Waals surface area (Å²) in [6.45, 7) is 3.69. The number of carbonyl (C=O) groups is 1. The molecule has 2 fully saturated rings. The van der Waals surface area contributed by atoms with Crippen molar-refractivity contribution in [2.75, 3.05) is 42.8 Å². The van der Waals surface area contributed by atoms with Gasteiger partial charge in [-0.2, -0.15) is 4.98 Å². The molecule has 9 nitrogen and oxygen atoms in total. The Bertz CT molecular complexity index is 1180. The van der Waals surface area contributed by atoms with Gasteiger partial charge in [-0.3, -0.25) is 14.0 Å². The molecule has 0 spiro atoms. The Hall–Kier alpha value is -2.76. The van der Waals surface area contributed by atoms with Gasteiger partial charge in [0, 0.05) is 38.3 Å². The van der Waals surface area contributed by atoms with Crippen LogP contribution >= 0.6 is 11.3 Å². The van der Waals surface area contributed by atoms with Gasteiger partial charge < -0.3 is 9.42 Å². The van der Waals surface area contributed by atoms with Crippen molar-refractivity contribution in [1.29, 1.82) is 0 Å². The standard InChI is InChI=1S/C21H23N5O4S2/c27-21(16-4-6-17(7-5-16)26-8-2-14-32(26,28)29)25-11-9-24(10-12-25)15-19-22-20(23-30-19)18-3-1-13-31-18/h1,3-7,13H,2,8-12,14-15H2. The average molecular weight is 474 g/mol. The van der Waals surface area contributed by atoms with Crippen LogP contribution in [-0.4, -0.2) is 72.7 Å². The molecule has 2 aliphatic heterocycles.